The van der Waals surface area contributed by atoms with Gasteiger partial charge in [-0.15, -0.1) is 0 Å². The number of fused-ring (bicyclic) bond motifs is 1. The molecular weight excluding hydrogens is 310 g/mol. The van der Waals surface area contributed by atoms with Crippen molar-refractivity contribution in [2.24, 2.45) is 0 Å². The molecule has 0 aliphatic carbocycles. The molecule has 0 bridgehead atoms. The number of nitrogens with zero attached hydrogens (tertiary/aromatic N) is 2. The normalized spacial score (nSPS) is 17.3. The predicted molar refractivity (Wildman–Crippen MR) is 90.3 cm³/mol. The summed E-state index contributed by atoms with van der Waals surface area (Å²) >= 11 is 5.94. The zero-order valence-corrected chi connectivity index (χ0v) is 13.3. The third-order valence-corrected chi connectivity index (χ3v) is 4.73. The summed E-state index contributed by atoms with van der Waals surface area (Å²) in [7, 11) is 0. The largest absolute Gasteiger partial charge is 0.346 e. The summed E-state index contributed by atoms with van der Waals surface area (Å²) in [6, 6.07) is 11.8. The highest BCUT2D eigenvalue weighted by atomic mass is 35.5. The average Bonchev–Trinajstić information content (AvgIpc) is 2.92. The molecule has 4 nitrogen and oxygen atoms in total. The second-order valence-electron chi connectivity index (χ2n) is 5.83. The van der Waals surface area contributed by atoms with E-state index in [1.54, 1.807) is 6.20 Å². The molecule has 2 aromatic heterocycles. The first-order valence-electron chi connectivity index (χ1n) is 7.68. The van der Waals surface area contributed by atoms with Crippen LogP contribution in [0.25, 0.3) is 11.0 Å². The minimum atomic E-state index is 0.154. The molecule has 3 aromatic rings. The summed E-state index contributed by atoms with van der Waals surface area (Å²) in [4.78, 5) is 22.0. The number of aromatic nitrogens is 2. The molecule has 1 fully saturated rings. The van der Waals surface area contributed by atoms with E-state index in [9.17, 15) is 4.79 Å². The van der Waals surface area contributed by atoms with Crippen LogP contribution in [0.5, 0.6) is 0 Å². The molecule has 116 valence electrons. The number of likely N-dealkylation sites (tertiary alicyclic amines) is 1. The van der Waals surface area contributed by atoms with Gasteiger partial charge in [0.15, 0.2) is 0 Å². The first kappa shape index (κ1) is 14.3. The van der Waals surface area contributed by atoms with Crippen LogP contribution >= 0.6 is 11.6 Å². The summed E-state index contributed by atoms with van der Waals surface area (Å²) in [6.07, 6.45) is 5.03. The molecule has 23 heavy (non-hydrogen) atoms. The number of amides is 1. The highest BCUT2D eigenvalue weighted by molar-refractivity contribution is 6.30. The van der Waals surface area contributed by atoms with Crippen molar-refractivity contribution in [3.05, 3.63) is 64.9 Å². The Balaban J connectivity index is 1.52. The zero-order valence-electron chi connectivity index (χ0n) is 12.5. The van der Waals surface area contributed by atoms with E-state index in [0.29, 0.717) is 6.42 Å². The quantitative estimate of drug-likeness (QED) is 0.797. The molecule has 1 atom stereocenters. The smallest absolute Gasteiger partial charge is 0.227 e. The van der Waals surface area contributed by atoms with E-state index >= 15 is 0 Å². The van der Waals surface area contributed by atoms with Crippen LogP contribution in [0.3, 0.4) is 0 Å². The first-order valence-corrected chi connectivity index (χ1v) is 8.06. The number of rotatable bonds is 3. The van der Waals surface area contributed by atoms with Gasteiger partial charge in [-0.25, -0.2) is 4.98 Å². The lowest BCUT2D eigenvalue weighted by Gasteiger charge is -2.41. The summed E-state index contributed by atoms with van der Waals surface area (Å²) in [5, 5.41) is 1.74. The van der Waals surface area contributed by atoms with Gasteiger partial charge < -0.3 is 9.88 Å². The predicted octanol–water partition coefficient (Wildman–Crippen LogP) is 3.73. The van der Waals surface area contributed by atoms with Crippen molar-refractivity contribution in [1.29, 1.82) is 0 Å². The summed E-state index contributed by atoms with van der Waals surface area (Å²) in [5.74, 6) is 0.154. The number of benzene rings is 1. The number of hydrogen-bond acceptors (Lipinski definition) is 2. The molecular formula is C18H16ClN3O. The van der Waals surface area contributed by atoms with Gasteiger partial charge in [-0.2, -0.15) is 0 Å². The molecule has 1 N–H and O–H groups in total. The molecule has 0 unspecified atom stereocenters. The van der Waals surface area contributed by atoms with Gasteiger partial charge in [-0.05, 0) is 41.8 Å². The van der Waals surface area contributed by atoms with Crippen molar-refractivity contribution in [3.63, 3.8) is 0 Å². The van der Waals surface area contributed by atoms with E-state index in [1.165, 1.54) is 0 Å². The molecule has 0 radical (unpaired) electrons. The minimum absolute atomic E-state index is 0.154. The van der Waals surface area contributed by atoms with Crippen molar-refractivity contribution in [1.82, 2.24) is 14.9 Å². The molecule has 1 saturated heterocycles. The van der Waals surface area contributed by atoms with Crippen LogP contribution in [0.4, 0.5) is 0 Å². The standard InChI is InChI=1S/C18H16ClN3O/c19-14-5-3-12(4-6-14)16-7-9-22(16)17(23)10-13-11-21-18-15(13)2-1-8-20-18/h1-6,8,11,16H,7,9-10H2,(H,20,21)/t16-/m0/s1. The maximum absolute atomic E-state index is 12.7. The Morgan fingerprint density at radius 3 is 2.87 bits per heavy atom. The maximum atomic E-state index is 12.7. The molecule has 3 heterocycles. The van der Waals surface area contributed by atoms with Gasteiger partial charge in [0.05, 0.1) is 12.5 Å². The lowest BCUT2D eigenvalue weighted by molar-refractivity contribution is -0.138. The Hall–Kier alpha value is -2.33. The fourth-order valence-electron chi connectivity index (χ4n) is 3.14. The van der Waals surface area contributed by atoms with Gasteiger partial charge in [-0.1, -0.05) is 23.7 Å². The molecule has 1 aromatic carbocycles. The molecule has 1 aliphatic rings. The van der Waals surface area contributed by atoms with Crippen molar-refractivity contribution >= 4 is 28.5 Å². The number of carbonyl (C=O) groups excluding carboxylic acids is 1. The fraction of sp³-hybridized carbons (Fsp3) is 0.222. The van der Waals surface area contributed by atoms with E-state index in [0.717, 1.165) is 40.1 Å². The third kappa shape index (κ3) is 2.59. The molecule has 0 saturated carbocycles. The minimum Gasteiger partial charge on any atom is -0.346 e. The van der Waals surface area contributed by atoms with Crippen LogP contribution < -0.4 is 0 Å². The number of H-pyrrole nitrogens is 1. The Kier molecular flexibility index (Phi) is 3.54. The Morgan fingerprint density at radius 2 is 2.13 bits per heavy atom. The lowest BCUT2D eigenvalue weighted by Crippen LogP contribution is -2.45. The van der Waals surface area contributed by atoms with Crippen LogP contribution in [0.1, 0.15) is 23.6 Å². The Morgan fingerprint density at radius 1 is 1.30 bits per heavy atom. The first-order chi connectivity index (χ1) is 11.2. The molecule has 4 rings (SSSR count). The van der Waals surface area contributed by atoms with Gasteiger partial charge in [0.2, 0.25) is 5.91 Å². The lowest BCUT2D eigenvalue weighted by atomic mass is 9.94. The summed E-state index contributed by atoms with van der Waals surface area (Å²) < 4.78 is 0. The molecule has 1 aliphatic heterocycles. The average molecular weight is 326 g/mol. The number of halogens is 1. The molecule has 0 spiro atoms. The topological polar surface area (TPSA) is 49.0 Å². The number of hydrogen-bond donors (Lipinski definition) is 1. The number of aromatic amines is 1. The SMILES string of the molecule is O=C(Cc1c[nH]c2ncccc12)N1CC[C@H]1c1ccc(Cl)cc1. The summed E-state index contributed by atoms with van der Waals surface area (Å²) in [5.41, 5.74) is 2.97. The van der Waals surface area contributed by atoms with E-state index in [4.69, 9.17) is 11.6 Å². The van der Waals surface area contributed by atoms with Gasteiger partial charge in [-0.3, -0.25) is 4.79 Å². The molecule has 5 heteroatoms. The number of nitrogens with one attached hydrogen (secondary N) is 1. The van der Waals surface area contributed by atoms with Gasteiger partial charge in [0, 0.05) is 29.3 Å². The van der Waals surface area contributed by atoms with Crippen LogP contribution in [0, 0.1) is 0 Å². The van der Waals surface area contributed by atoms with Crippen LogP contribution in [0.15, 0.2) is 48.8 Å². The van der Waals surface area contributed by atoms with Crippen LogP contribution in [-0.2, 0) is 11.2 Å². The monoisotopic (exact) mass is 325 g/mol. The second-order valence-corrected chi connectivity index (χ2v) is 6.27. The van der Waals surface area contributed by atoms with Crippen molar-refractivity contribution in [3.8, 4) is 0 Å². The van der Waals surface area contributed by atoms with Crippen LogP contribution in [0.2, 0.25) is 5.02 Å². The van der Waals surface area contributed by atoms with Gasteiger partial charge in [0.1, 0.15) is 5.65 Å². The van der Waals surface area contributed by atoms with Crippen LogP contribution in [-0.4, -0.2) is 27.3 Å². The van der Waals surface area contributed by atoms with Crippen molar-refractivity contribution in [2.45, 2.75) is 18.9 Å². The van der Waals surface area contributed by atoms with E-state index in [-0.39, 0.29) is 11.9 Å². The number of pyridine rings is 1. The fourth-order valence-corrected chi connectivity index (χ4v) is 3.27. The summed E-state index contributed by atoms with van der Waals surface area (Å²) in [6.45, 7) is 0.812. The van der Waals surface area contributed by atoms with E-state index in [2.05, 4.69) is 9.97 Å². The van der Waals surface area contributed by atoms with Gasteiger partial charge in [0.25, 0.3) is 0 Å². The van der Waals surface area contributed by atoms with Gasteiger partial charge >= 0.3 is 0 Å². The molecule has 1 amide bonds. The van der Waals surface area contributed by atoms with E-state index < -0.39 is 0 Å². The Bertz CT molecular complexity index is 856. The maximum Gasteiger partial charge on any atom is 0.227 e. The highest BCUT2D eigenvalue weighted by Crippen LogP contribution is 2.34. The van der Waals surface area contributed by atoms with Crippen molar-refractivity contribution < 1.29 is 4.79 Å². The third-order valence-electron chi connectivity index (χ3n) is 4.47. The van der Waals surface area contributed by atoms with Crippen molar-refractivity contribution in [2.75, 3.05) is 6.54 Å². The zero-order chi connectivity index (χ0) is 15.8. The van der Waals surface area contributed by atoms with E-state index in [1.807, 2.05) is 47.5 Å². The number of carbonyl (C=O) groups is 1. The highest BCUT2D eigenvalue weighted by Gasteiger charge is 2.33. The Labute approximate surface area is 139 Å². The second kappa shape index (κ2) is 5.70.